The minimum atomic E-state index is -0.710. The van der Waals surface area contributed by atoms with Crippen LogP contribution in [-0.4, -0.2) is 76.7 Å². The van der Waals surface area contributed by atoms with Crippen LogP contribution in [0, 0.1) is 5.82 Å². The van der Waals surface area contributed by atoms with Crippen LogP contribution >= 0.6 is 0 Å². The molecule has 5 amide bonds. The van der Waals surface area contributed by atoms with Gasteiger partial charge in [-0.3, -0.25) is 19.3 Å². The van der Waals surface area contributed by atoms with Gasteiger partial charge in [-0.1, -0.05) is 25.0 Å². The van der Waals surface area contributed by atoms with E-state index < -0.39 is 5.54 Å². The van der Waals surface area contributed by atoms with Gasteiger partial charge in [-0.2, -0.15) is 0 Å². The number of halogens is 1. The van der Waals surface area contributed by atoms with Crippen LogP contribution < -0.4 is 5.32 Å². The Labute approximate surface area is 186 Å². The molecule has 0 atom stereocenters. The van der Waals surface area contributed by atoms with Gasteiger partial charge in [0.25, 0.3) is 5.91 Å². The normalized spacial score (nSPS) is 20.2. The molecule has 0 aromatic heterocycles. The molecule has 3 aliphatic rings. The van der Waals surface area contributed by atoms with Crippen molar-refractivity contribution in [2.24, 2.45) is 0 Å². The second-order valence-electron chi connectivity index (χ2n) is 8.84. The fraction of sp³-hybridized carbons (Fsp3) is 0.565. The summed E-state index contributed by atoms with van der Waals surface area (Å²) < 4.78 is 13.0. The molecule has 0 unspecified atom stereocenters. The number of hydrogen-bond acceptors (Lipinski definition) is 4. The van der Waals surface area contributed by atoms with Crippen LogP contribution in [0.4, 0.5) is 9.18 Å². The summed E-state index contributed by atoms with van der Waals surface area (Å²) in [6.45, 7) is 2.08. The summed E-state index contributed by atoms with van der Waals surface area (Å²) in [6.07, 6.45) is 4.16. The Morgan fingerprint density at radius 1 is 0.938 bits per heavy atom. The van der Waals surface area contributed by atoms with Crippen LogP contribution in [0.3, 0.4) is 0 Å². The van der Waals surface area contributed by atoms with Crippen molar-refractivity contribution >= 4 is 23.8 Å². The first-order valence-electron chi connectivity index (χ1n) is 11.3. The number of hydrogen-bond donors (Lipinski definition) is 1. The fourth-order valence-corrected chi connectivity index (χ4v) is 4.84. The molecule has 1 aromatic carbocycles. The first kappa shape index (κ1) is 22.2. The van der Waals surface area contributed by atoms with Crippen molar-refractivity contribution < 1.29 is 23.6 Å². The van der Waals surface area contributed by atoms with E-state index in [4.69, 9.17) is 0 Å². The number of nitrogens with zero attached hydrogens (tertiary/aromatic N) is 3. The third-order valence-corrected chi connectivity index (χ3v) is 6.73. The molecular formula is C23H29FN4O4. The minimum absolute atomic E-state index is 0.0294. The van der Waals surface area contributed by atoms with Crippen molar-refractivity contribution in [3.8, 4) is 0 Å². The van der Waals surface area contributed by atoms with Crippen LogP contribution in [0.2, 0.25) is 0 Å². The molecule has 1 aliphatic carbocycles. The molecule has 1 spiro atoms. The Balaban J connectivity index is 1.19. The molecule has 1 N–H and O–H groups in total. The molecule has 0 bridgehead atoms. The number of amides is 5. The monoisotopic (exact) mass is 444 g/mol. The molecule has 0 radical (unpaired) electrons. The van der Waals surface area contributed by atoms with Gasteiger partial charge in [0.15, 0.2) is 0 Å². The molecule has 8 nitrogen and oxygen atoms in total. The Morgan fingerprint density at radius 3 is 2.16 bits per heavy atom. The molecule has 4 rings (SSSR count). The van der Waals surface area contributed by atoms with E-state index in [0.29, 0.717) is 45.4 Å². The van der Waals surface area contributed by atoms with E-state index in [-0.39, 0.29) is 49.0 Å². The quantitative estimate of drug-likeness (QED) is 0.676. The van der Waals surface area contributed by atoms with Crippen LogP contribution in [0.1, 0.15) is 44.1 Å². The number of nitrogens with one attached hydrogen (secondary N) is 1. The minimum Gasteiger partial charge on any atom is -0.339 e. The number of benzene rings is 1. The molecule has 172 valence electrons. The first-order chi connectivity index (χ1) is 15.4. The average molecular weight is 445 g/mol. The molecule has 32 heavy (non-hydrogen) atoms. The third kappa shape index (κ3) is 4.61. The van der Waals surface area contributed by atoms with Crippen LogP contribution in [0.15, 0.2) is 24.3 Å². The SMILES string of the molecule is O=C(CCCN1C(=O)NC2(CCCC2)C1=O)N1CCN(C(=O)Cc2ccc(F)cc2)CC1. The third-order valence-electron chi connectivity index (χ3n) is 6.73. The number of imide groups is 1. The lowest BCUT2D eigenvalue weighted by Gasteiger charge is -2.35. The van der Waals surface area contributed by atoms with Crippen molar-refractivity contribution in [1.82, 2.24) is 20.0 Å². The van der Waals surface area contributed by atoms with Gasteiger partial charge in [0, 0.05) is 39.1 Å². The summed E-state index contributed by atoms with van der Waals surface area (Å²) in [6, 6.07) is 5.54. The lowest BCUT2D eigenvalue weighted by atomic mass is 9.98. The first-order valence-corrected chi connectivity index (χ1v) is 11.3. The van der Waals surface area contributed by atoms with Crippen LogP contribution in [0.25, 0.3) is 0 Å². The maximum atomic E-state index is 13.0. The Kier molecular flexibility index (Phi) is 6.43. The van der Waals surface area contributed by atoms with E-state index in [1.54, 1.807) is 21.9 Å². The van der Waals surface area contributed by atoms with Gasteiger partial charge in [-0.15, -0.1) is 0 Å². The predicted octanol–water partition coefficient (Wildman–Crippen LogP) is 1.68. The summed E-state index contributed by atoms with van der Waals surface area (Å²) in [4.78, 5) is 54.6. The van der Waals surface area contributed by atoms with Crippen molar-refractivity contribution in [2.75, 3.05) is 32.7 Å². The molecule has 2 heterocycles. The molecule has 3 fully saturated rings. The van der Waals surface area contributed by atoms with Gasteiger partial charge >= 0.3 is 6.03 Å². The highest BCUT2D eigenvalue weighted by Gasteiger charge is 2.52. The van der Waals surface area contributed by atoms with Gasteiger partial charge in [-0.05, 0) is 37.0 Å². The van der Waals surface area contributed by atoms with Crippen LogP contribution in [-0.2, 0) is 20.8 Å². The lowest BCUT2D eigenvalue weighted by Crippen LogP contribution is -2.51. The fourth-order valence-electron chi connectivity index (χ4n) is 4.84. The zero-order chi connectivity index (χ0) is 22.7. The number of rotatable bonds is 6. The van der Waals surface area contributed by atoms with Gasteiger partial charge in [-0.25, -0.2) is 9.18 Å². The summed E-state index contributed by atoms with van der Waals surface area (Å²) >= 11 is 0. The van der Waals surface area contributed by atoms with Crippen molar-refractivity contribution in [3.05, 3.63) is 35.6 Å². The maximum absolute atomic E-state index is 13.0. The number of carbonyl (C=O) groups is 4. The van der Waals surface area contributed by atoms with Gasteiger partial charge in [0.05, 0.1) is 6.42 Å². The van der Waals surface area contributed by atoms with E-state index in [1.807, 2.05) is 0 Å². The van der Waals surface area contributed by atoms with E-state index in [9.17, 15) is 23.6 Å². The zero-order valence-corrected chi connectivity index (χ0v) is 18.1. The number of urea groups is 1. The van der Waals surface area contributed by atoms with E-state index in [1.165, 1.54) is 17.0 Å². The summed E-state index contributed by atoms with van der Waals surface area (Å²) in [7, 11) is 0. The highest BCUT2D eigenvalue weighted by atomic mass is 19.1. The van der Waals surface area contributed by atoms with Crippen molar-refractivity contribution in [1.29, 1.82) is 0 Å². The van der Waals surface area contributed by atoms with E-state index >= 15 is 0 Å². The van der Waals surface area contributed by atoms with E-state index in [0.717, 1.165) is 18.4 Å². The maximum Gasteiger partial charge on any atom is 0.325 e. The molecule has 2 aliphatic heterocycles. The smallest absolute Gasteiger partial charge is 0.325 e. The Bertz CT molecular complexity index is 890. The van der Waals surface area contributed by atoms with Gasteiger partial charge < -0.3 is 15.1 Å². The molecule has 2 saturated heterocycles. The predicted molar refractivity (Wildman–Crippen MR) is 114 cm³/mol. The zero-order valence-electron chi connectivity index (χ0n) is 18.1. The summed E-state index contributed by atoms with van der Waals surface area (Å²) in [5.74, 6) is -0.553. The van der Waals surface area contributed by atoms with Crippen molar-refractivity contribution in [3.63, 3.8) is 0 Å². The highest BCUT2D eigenvalue weighted by Crippen LogP contribution is 2.35. The van der Waals surface area contributed by atoms with Gasteiger partial charge in [0.2, 0.25) is 11.8 Å². The molecule has 1 aromatic rings. The number of piperazine rings is 1. The lowest BCUT2D eigenvalue weighted by molar-refractivity contribution is -0.139. The molecule has 9 heteroatoms. The Hall–Kier alpha value is -2.97. The number of carbonyl (C=O) groups excluding carboxylic acids is 4. The van der Waals surface area contributed by atoms with Crippen LogP contribution in [0.5, 0.6) is 0 Å². The largest absolute Gasteiger partial charge is 0.339 e. The van der Waals surface area contributed by atoms with Crippen molar-refractivity contribution in [2.45, 2.75) is 50.5 Å². The second-order valence-corrected chi connectivity index (χ2v) is 8.84. The van der Waals surface area contributed by atoms with Gasteiger partial charge in [0.1, 0.15) is 11.4 Å². The Morgan fingerprint density at radius 2 is 1.53 bits per heavy atom. The van der Waals surface area contributed by atoms with E-state index in [2.05, 4.69) is 5.32 Å². The highest BCUT2D eigenvalue weighted by molar-refractivity contribution is 6.07. The standard InChI is InChI=1S/C23H29FN4O4/c24-18-7-5-17(6-8-18)16-20(30)27-14-12-26(13-15-27)19(29)4-3-11-28-21(31)23(25-22(28)32)9-1-2-10-23/h5-8H,1-4,9-16H2,(H,25,32). The summed E-state index contributed by atoms with van der Waals surface area (Å²) in [5, 5.41) is 2.85. The molecule has 1 saturated carbocycles. The molecular weight excluding hydrogens is 415 g/mol. The second kappa shape index (κ2) is 9.26. The average Bonchev–Trinajstić information content (AvgIpc) is 3.35. The summed E-state index contributed by atoms with van der Waals surface area (Å²) in [5.41, 5.74) is 0.0486. The topological polar surface area (TPSA) is 90.0 Å².